The minimum absolute atomic E-state index is 0.0152. The van der Waals surface area contributed by atoms with E-state index in [-0.39, 0.29) is 11.8 Å². The number of carboxylic acids is 1. The summed E-state index contributed by atoms with van der Waals surface area (Å²) < 4.78 is 0. The fourth-order valence-electron chi connectivity index (χ4n) is 3.59. The molecular weight excluding hydrogens is 266 g/mol. The third-order valence-corrected chi connectivity index (χ3v) is 4.92. The van der Waals surface area contributed by atoms with E-state index in [1.54, 1.807) is 11.8 Å². The van der Waals surface area contributed by atoms with Gasteiger partial charge in [0.1, 0.15) is 0 Å². The monoisotopic (exact) mass is 287 g/mol. The molecular formula is C17H21NO3. The number of amides is 1. The second-order valence-corrected chi connectivity index (χ2v) is 6.60. The lowest BCUT2D eigenvalue weighted by molar-refractivity contribution is -0.154. The summed E-state index contributed by atoms with van der Waals surface area (Å²) in [7, 11) is 0. The van der Waals surface area contributed by atoms with Gasteiger partial charge in [0.05, 0.1) is 5.41 Å². The predicted molar refractivity (Wildman–Crippen MR) is 78.9 cm³/mol. The molecule has 0 spiro atoms. The minimum Gasteiger partial charge on any atom is -0.481 e. The molecule has 2 aliphatic rings. The molecule has 0 saturated carbocycles. The lowest BCUT2D eigenvalue weighted by Gasteiger charge is -2.38. The van der Waals surface area contributed by atoms with Crippen LogP contribution in [-0.4, -0.2) is 35.0 Å². The third-order valence-electron chi connectivity index (χ3n) is 4.92. The van der Waals surface area contributed by atoms with Crippen LogP contribution in [0.25, 0.3) is 0 Å². The Morgan fingerprint density at radius 1 is 1.24 bits per heavy atom. The number of nitrogens with zero attached hydrogens (tertiary/aromatic N) is 1. The number of rotatable bonds is 2. The highest BCUT2D eigenvalue weighted by molar-refractivity contribution is 5.82. The van der Waals surface area contributed by atoms with Crippen molar-refractivity contribution in [3.8, 4) is 0 Å². The lowest BCUT2D eigenvalue weighted by atomic mass is 9.81. The average Bonchev–Trinajstić information content (AvgIpc) is 2.90. The summed E-state index contributed by atoms with van der Waals surface area (Å²) in [5, 5.41) is 9.37. The highest BCUT2D eigenvalue weighted by atomic mass is 16.4. The normalized spacial score (nSPS) is 25.7. The summed E-state index contributed by atoms with van der Waals surface area (Å²) in [4.78, 5) is 25.9. The van der Waals surface area contributed by atoms with Crippen molar-refractivity contribution in [1.82, 2.24) is 4.90 Å². The number of hydrogen-bond donors (Lipinski definition) is 1. The highest BCUT2D eigenvalue weighted by Gasteiger charge is 2.41. The maximum atomic E-state index is 12.7. The van der Waals surface area contributed by atoms with Crippen LogP contribution in [0.1, 0.15) is 30.9 Å². The predicted octanol–water partition coefficient (Wildman–Crippen LogP) is 2.11. The number of carboxylic acid groups (broad SMARTS) is 1. The molecule has 0 radical (unpaired) electrons. The molecule has 0 bridgehead atoms. The third kappa shape index (κ3) is 2.55. The summed E-state index contributed by atoms with van der Waals surface area (Å²) in [5.41, 5.74) is 1.72. The SMILES string of the molecule is C[C@]1(C(=O)O)CCCN(C(=O)C2Cc3ccccc3C2)C1. The quantitative estimate of drug-likeness (QED) is 0.906. The zero-order valence-corrected chi connectivity index (χ0v) is 12.3. The molecule has 3 rings (SSSR count). The number of fused-ring (bicyclic) bond motifs is 1. The molecule has 1 N–H and O–H groups in total. The van der Waals surface area contributed by atoms with Crippen LogP contribution in [0.4, 0.5) is 0 Å². The first-order chi connectivity index (χ1) is 9.99. The van der Waals surface area contributed by atoms with Gasteiger partial charge >= 0.3 is 5.97 Å². The number of carbonyl (C=O) groups excluding carboxylic acids is 1. The van der Waals surface area contributed by atoms with Gasteiger partial charge in [-0.15, -0.1) is 0 Å². The van der Waals surface area contributed by atoms with Crippen LogP contribution in [0.3, 0.4) is 0 Å². The van der Waals surface area contributed by atoms with Gasteiger partial charge < -0.3 is 10.0 Å². The molecule has 1 fully saturated rings. The van der Waals surface area contributed by atoms with E-state index in [1.807, 2.05) is 12.1 Å². The number of piperidine rings is 1. The molecule has 0 aromatic heterocycles. The molecule has 21 heavy (non-hydrogen) atoms. The van der Waals surface area contributed by atoms with Crippen LogP contribution >= 0.6 is 0 Å². The molecule has 4 heteroatoms. The minimum atomic E-state index is -0.797. The van der Waals surface area contributed by atoms with Crippen molar-refractivity contribution >= 4 is 11.9 Å². The molecule has 112 valence electrons. The van der Waals surface area contributed by atoms with Crippen LogP contribution in [0.2, 0.25) is 0 Å². The van der Waals surface area contributed by atoms with Crippen molar-refractivity contribution in [2.24, 2.45) is 11.3 Å². The van der Waals surface area contributed by atoms with Crippen LogP contribution in [0.15, 0.2) is 24.3 Å². The molecule has 1 aliphatic heterocycles. The smallest absolute Gasteiger partial charge is 0.311 e. The van der Waals surface area contributed by atoms with Crippen molar-refractivity contribution in [3.05, 3.63) is 35.4 Å². The average molecular weight is 287 g/mol. The molecule has 1 aliphatic carbocycles. The Bertz CT molecular complexity index is 558. The summed E-state index contributed by atoms with van der Waals surface area (Å²) in [6.45, 7) is 2.78. The Hall–Kier alpha value is -1.84. The Labute approximate surface area is 124 Å². The molecule has 1 saturated heterocycles. The first-order valence-corrected chi connectivity index (χ1v) is 7.58. The highest BCUT2D eigenvalue weighted by Crippen LogP contribution is 2.33. The fraction of sp³-hybridized carbons (Fsp3) is 0.529. The Morgan fingerprint density at radius 2 is 1.86 bits per heavy atom. The van der Waals surface area contributed by atoms with Crippen LogP contribution in [0.5, 0.6) is 0 Å². The zero-order chi connectivity index (χ0) is 15.0. The zero-order valence-electron chi connectivity index (χ0n) is 12.3. The first-order valence-electron chi connectivity index (χ1n) is 7.58. The molecule has 1 aromatic rings. The second kappa shape index (κ2) is 5.17. The van der Waals surface area contributed by atoms with Gasteiger partial charge in [0.2, 0.25) is 5.91 Å². The molecule has 1 amide bonds. The van der Waals surface area contributed by atoms with E-state index in [4.69, 9.17) is 0 Å². The standard InChI is InChI=1S/C17H21NO3/c1-17(16(20)21)7-4-8-18(11-17)15(19)14-9-12-5-2-3-6-13(12)10-14/h2-3,5-6,14H,4,7-11H2,1H3,(H,20,21)/t17-/m0/s1. The summed E-state index contributed by atoms with van der Waals surface area (Å²) in [5.74, 6) is -0.688. The first kappa shape index (κ1) is 14.1. The molecule has 1 atom stereocenters. The van der Waals surface area contributed by atoms with E-state index in [9.17, 15) is 14.7 Å². The summed E-state index contributed by atoms with van der Waals surface area (Å²) in [6.07, 6.45) is 3.00. The number of likely N-dealkylation sites (tertiary alicyclic amines) is 1. The second-order valence-electron chi connectivity index (χ2n) is 6.60. The Balaban J connectivity index is 1.71. The van der Waals surface area contributed by atoms with Crippen LogP contribution in [0, 0.1) is 11.3 Å². The molecule has 1 heterocycles. The van der Waals surface area contributed by atoms with Crippen molar-refractivity contribution in [1.29, 1.82) is 0 Å². The van der Waals surface area contributed by atoms with E-state index in [1.165, 1.54) is 11.1 Å². The van der Waals surface area contributed by atoms with Gasteiger partial charge in [-0.25, -0.2) is 0 Å². The Morgan fingerprint density at radius 3 is 2.43 bits per heavy atom. The number of carbonyl (C=O) groups is 2. The summed E-state index contributed by atoms with van der Waals surface area (Å²) in [6, 6.07) is 8.18. The van der Waals surface area contributed by atoms with Gasteiger partial charge in [-0.2, -0.15) is 0 Å². The lowest BCUT2D eigenvalue weighted by Crippen LogP contribution is -2.50. The van der Waals surface area contributed by atoms with Crippen LogP contribution < -0.4 is 0 Å². The van der Waals surface area contributed by atoms with Gasteiger partial charge in [-0.1, -0.05) is 24.3 Å². The Kier molecular flexibility index (Phi) is 3.47. The molecule has 1 aromatic carbocycles. The fourth-order valence-corrected chi connectivity index (χ4v) is 3.59. The van der Waals surface area contributed by atoms with E-state index in [2.05, 4.69) is 12.1 Å². The molecule has 4 nitrogen and oxygen atoms in total. The van der Waals surface area contributed by atoms with Gasteiger partial charge in [-0.05, 0) is 43.7 Å². The maximum absolute atomic E-state index is 12.7. The number of benzene rings is 1. The molecule has 0 unspecified atom stereocenters. The van der Waals surface area contributed by atoms with Gasteiger partial charge in [0.25, 0.3) is 0 Å². The van der Waals surface area contributed by atoms with Gasteiger partial charge in [0.15, 0.2) is 0 Å². The number of hydrogen-bond acceptors (Lipinski definition) is 2. The van der Waals surface area contributed by atoms with Crippen molar-refractivity contribution in [2.45, 2.75) is 32.6 Å². The van der Waals surface area contributed by atoms with Gasteiger partial charge in [-0.3, -0.25) is 9.59 Å². The van der Waals surface area contributed by atoms with Gasteiger partial charge in [0, 0.05) is 19.0 Å². The summed E-state index contributed by atoms with van der Waals surface area (Å²) >= 11 is 0. The van der Waals surface area contributed by atoms with Crippen LogP contribution in [-0.2, 0) is 22.4 Å². The largest absolute Gasteiger partial charge is 0.481 e. The topological polar surface area (TPSA) is 57.6 Å². The maximum Gasteiger partial charge on any atom is 0.311 e. The van der Waals surface area contributed by atoms with Crippen molar-refractivity contribution in [3.63, 3.8) is 0 Å². The van der Waals surface area contributed by atoms with E-state index in [0.29, 0.717) is 19.5 Å². The van der Waals surface area contributed by atoms with E-state index >= 15 is 0 Å². The van der Waals surface area contributed by atoms with E-state index in [0.717, 1.165) is 19.3 Å². The number of aliphatic carboxylic acids is 1. The van der Waals surface area contributed by atoms with Crippen molar-refractivity contribution < 1.29 is 14.7 Å². The van der Waals surface area contributed by atoms with E-state index < -0.39 is 11.4 Å². The van der Waals surface area contributed by atoms with Crippen molar-refractivity contribution in [2.75, 3.05) is 13.1 Å².